The van der Waals surface area contributed by atoms with Gasteiger partial charge in [-0.3, -0.25) is 15.0 Å². The molecule has 0 aliphatic rings. The molecule has 0 aliphatic carbocycles. The second-order valence-electron chi connectivity index (χ2n) is 4.09. The first-order valence-corrected chi connectivity index (χ1v) is 6.68. The van der Waals surface area contributed by atoms with Gasteiger partial charge in [0.25, 0.3) is 5.90 Å². The number of halogens is 1. The van der Waals surface area contributed by atoms with Crippen LogP contribution in [-0.2, 0) is 19.1 Å². The van der Waals surface area contributed by atoms with Crippen molar-refractivity contribution in [3.05, 3.63) is 29.3 Å². The van der Waals surface area contributed by atoms with Crippen molar-refractivity contribution < 1.29 is 19.1 Å². The normalized spacial score (nSPS) is 10.9. The predicted octanol–water partition coefficient (Wildman–Crippen LogP) is 2.62. The first-order chi connectivity index (χ1) is 10.1. The molecule has 1 N–H and O–H groups in total. The summed E-state index contributed by atoms with van der Waals surface area (Å²) in [5.74, 6) is -0.685. The molecule has 0 radical (unpaired) electrons. The highest BCUT2D eigenvalue weighted by Gasteiger charge is 2.13. The summed E-state index contributed by atoms with van der Waals surface area (Å²) in [6.07, 6.45) is 0.725. The summed E-state index contributed by atoms with van der Waals surface area (Å²) in [4.78, 5) is 22.8. The lowest BCUT2D eigenvalue weighted by atomic mass is 10.2. The van der Waals surface area contributed by atoms with E-state index in [0.29, 0.717) is 17.1 Å². The molecule has 1 aromatic rings. The van der Waals surface area contributed by atoms with Crippen LogP contribution in [-0.4, -0.2) is 31.9 Å². The van der Waals surface area contributed by atoms with E-state index < -0.39 is 0 Å². The number of nitrogens with one attached hydrogen (secondary N) is 1. The molecule has 0 spiro atoms. The molecule has 1 aromatic carbocycles. The number of benzene rings is 1. The van der Waals surface area contributed by atoms with Crippen LogP contribution in [0.15, 0.2) is 29.4 Å². The standard InChI is InChI=1S/C14H17ClN2O4/c1-20-13(19)5-3-4-12(18)14(21-2)17-16-11-8-6-10(15)7-9-11/h6-9,16H,3-5H2,1-2H3/b17-14+. The molecule has 6 nitrogen and oxygen atoms in total. The average molecular weight is 313 g/mol. The minimum atomic E-state index is -0.349. The Morgan fingerprint density at radius 1 is 1.14 bits per heavy atom. The molecule has 0 aromatic heterocycles. The number of esters is 1. The third-order valence-corrected chi connectivity index (χ3v) is 2.83. The highest BCUT2D eigenvalue weighted by molar-refractivity contribution is 6.36. The lowest BCUT2D eigenvalue weighted by Crippen LogP contribution is -2.18. The third kappa shape index (κ3) is 6.27. The number of hydrogen-bond donors (Lipinski definition) is 1. The number of rotatable bonds is 7. The van der Waals surface area contributed by atoms with Gasteiger partial charge in [-0.1, -0.05) is 11.6 Å². The lowest BCUT2D eigenvalue weighted by Gasteiger charge is -2.05. The minimum absolute atomic E-state index is 0.0465. The number of ether oxygens (including phenoxy) is 2. The van der Waals surface area contributed by atoms with Crippen molar-refractivity contribution in [2.45, 2.75) is 19.3 Å². The third-order valence-electron chi connectivity index (χ3n) is 2.58. The first kappa shape index (κ1) is 17.0. The van der Waals surface area contributed by atoms with E-state index in [1.807, 2.05) is 0 Å². The van der Waals surface area contributed by atoms with E-state index >= 15 is 0 Å². The summed E-state index contributed by atoms with van der Waals surface area (Å²) in [5, 5.41) is 4.50. The van der Waals surface area contributed by atoms with Gasteiger partial charge in [0.15, 0.2) is 0 Å². The van der Waals surface area contributed by atoms with Crippen molar-refractivity contribution in [1.82, 2.24) is 0 Å². The van der Waals surface area contributed by atoms with Crippen LogP contribution in [0.5, 0.6) is 0 Å². The van der Waals surface area contributed by atoms with Gasteiger partial charge >= 0.3 is 5.97 Å². The predicted molar refractivity (Wildman–Crippen MR) is 80.4 cm³/mol. The maximum absolute atomic E-state index is 11.9. The van der Waals surface area contributed by atoms with Crippen molar-refractivity contribution in [3.63, 3.8) is 0 Å². The number of carbonyl (C=O) groups is 2. The zero-order valence-electron chi connectivity index (χ0n) is 11.9. The van der Waals surface area contributed by atoms with Crippen LogP contribution in [0.1, 0.15) is 19.3 Å². The quantitative estimate of drug-likeness (QED) is 0.362. The molecule has 114 valence electrons. The van der Waals surface area contributed by atoms with Gasteiger partial charge in [-0.05, 0) is 30.7 Å². The van der Waals surface area contributed by atoms with Crippen LogP contribution in [0.25, 0.3) is 0 Å². The monoisotopic (exact) mass is 312 g/mol. The van der Waals surface area contributed by atoms with E-state index in [1.54, 1.807) is 24.3 Å². The van der Waals surface area contributed by atoms with Crippen LogP contribution in [0.2, 0.25) is 5.02 Å². The van der Waals surface area contributed by atoms with Crippen LogP contribution in [0.4, 0.5) is 5.69 Å². The molecule has 0 saturated carbocycles. The van der Waals surface area contributed by atoms with Gasteiger partial charge in [0.05, 0.1) is 19.9 Å². The van der Waals surface area contributed by atoms with Crippen LogP contribution >= 0.6 is 11.6 Å². The summed E-state index contributed by atoms with van der Waals surface area (Å²) in [7, 11) is 2.67. The Balaban J connectivity index is 2.52. The van der Waals surface area contributed by atoms with E-state index in [9.17, 15) is 9.59 Å². The largest absolute Gasteiger partial charge is 0.477 e. The van der Waals surface area contributed by atoms with Gasteiger partial charge < -0.3 is 9.47 Å². The smallest absolute Gasteiger partial charge is 0.305 e. The number of hydrogen-bond acceptors (Lipinski definition) is 6. The van der Waals surface area contributed by atoms with Gasteiger partial charge in [0, 0.05) is 17.9 Å². The number of anilines is 1. The Morgan fingerprint density at radius 2 is 1.81 bits per heavy atom. The maximum atomic E-state index is 11.9. The van der Waals surface area contributed by atoms with Crippen molar-refractivity contribution in [1.29, 1.82) is 0 Å². The maximum Gasteiger partial charge on any atom is 0.305 e. The molecule has 7 heteroatoms. The van der Waals surface area contributed by atoms with Crippen LogP contribution in [0, 0.1) is 0 Å². The Morgan fingerprint density at radius 3 is 2.38 bits per heavy atom. The van der Waals surface area contributed by atoms with E-state index in [-0.39, 0.29) is 30.5 Å². The summed E-state index contributed by atoms with van der Waals surface area (Å²) in [6, 6.07) is 6.84. The fourth-order valence-corrected chi connectivity index (χ4v) is 1.59. The molecule has 0 amide bonds. The number of Topliss-reactive ketones (excluding diaryl/α,β-unsaturated/α-hetero) is 1. The molecule has 21 heavy (non-hydrogen) atoms. The number of ketones is 1. The molecule has 0 heterocycles. The highest BCUT2D eigenvalue weighted by Crippen LogP contribution is 2.13. The van der Waals surface area contributed by atoms with E-state index in [2.05, 4.69) is 15.3 Å². The summed E-state index contributed by atoms with van der Waals surface area (Å²) >= 11 is 5.77. The Bertz CT molecular complexity index is 514. The molecule has 0 unspecified atom stereocenters. The van der Waals surface area contributed by atoms with E-state index in [1.165, 1.54) is 14.2 Å². The Hall–Kier alpha value is -2.08. The van der Waals surface area contributed by atoms with Crippen molar-refractivity contribution >= 4 is 34.9 Å². The number of methoxy groups -OCH3 is 2. The minimum Gasteiger partial charge on any atom is -0.477 e. The van der Waals surface area contributed by atoms with Gasteiger partial charge in [-0.25, -0.2) is 0 Å². The first-order valence-electron chi connectivity index (χ1n) is 6.30. The number of nitrogens with zero attached hydrogens (tertiary/aromatic N) is 1. The summed E-state index contributed by atoms with van der Waals surface area (Å²) in [6.45, 7) is 0. The molecule has 0 bridgehead atoms. The van der Waals surface area contributed by atoms with Crippen molar-refractivity contribution in [2.75, 3.05) is 19.6 Å². The molecule has 0 fully saturated rings. The number of carbonyl (C=O) groups excluding carboxylic acids is 2. The number of hydrazone groups is 1. The van der Waals surface area contributed by atoms with Gasteiger partial charge in [-0.2, -0.15) is 0 Å². The van der Waals surface area contributed by atoms with Crippen molar-refractivity contribution in [3.8, 4) is 0 Å². The molecular weight excluding hydrogens is 296 g/mol. The lowest BCUT2D eigenvalue weighted by molar-refractivity contribution is -0.140. The van der Waals surface area contributed by atoms with Crippen LogP contribution in [0.3, 0.4) is 0 Å². The van der Waals surface area contributed by atoms with Crippen LogP contribution < -0.4 is 5.43 Å². The SMILES string of the molecule is COC(=O)CCCC(=O)/C(=N\Nc1ccc(Cl)cc1)OC. The van der Waals surface area contributed by atoms with Gasteiger partial charge in [0.2, 0.25) is 5.78 Å². The fourth-order valence-electron chi connectivity index (χ4n) is 1.46. The van der Waals surface area contributed by atoms with E-state index in [0.717, 1.165) is 0 Å². The zero-order valence-corrected chi connectivity index (χ0v) is 12.6. The second kappa shape index (κ2) is 8.97. The average Bonchev–Trinajstić information content (AvgIpc) is 2.49. The van der Waals surface area contributed by atoms with Crippen molar-refractivity contribution in [2.24, 2.45) is 5.10 Å². The molecule has 0 saturated heterocycles. The summed E-state index contributed by atoms with van der Waals surface area (Å²) in [5.41, 5.74) is 3.38. The fraction of sp³-hybridized carbons (Fsp3) is 0.357. The topological polar surface area (TPSA) is 77.0 Å². The molecule has 0 atom stereocenters. The molecule has 0 aliphatic heterocycles. The van der Waals surface area contributed by atoms with E-state index in [4.69, 9.17) is 16.3 Å². The Labute approximate surface area is 128 Å². The summed E-state index contributed by atoms with van der Waals surface area (Å²) < 4.78 is 9.44. The van der Waals surface area contributed by atoms with Gasteiger partial charge in [-0.15, -0.1) is 5.10 Å². The molecule has 1 rings (SSSR count). The highest BCUT2D eigenvalue weighted by atomic mass is 35.5. The zero-order chi connectivity index (χ0) is 15.7. The molecular formula is C14H17ClN2O4. The second-order valence-corrected chi connectivity index (χ2v) is 4.53. The van der Waals surface area contributed by atoms with Gasteiger partial charge in [0.1, 0.15) is 0 Å². The Kier molecular flexibility index (Phi) is 7.25.